The molecule has 0 radical (unpaired) electrons. The van der Waals surface area contributed by atoms with Crippen molar-refractivity contribution in [1.29, 1.82) is 5.26 Å². The monoisotopic (exact) mass is 466 g/mol. The van der Waals surface area contributed by atoms with Crippen molar-refractivity contribution >= 4 is 27.8 Å². The molecule has 0 atom stereocenters. The van der Waals surface area contributed by atoms with E-state index in [4.69, 9.17) is 10.00 Å². The Hall–Kier alpha value is -4.23. The highest BCUT2D eigenvalue weighted by Crippen LogP contribution is 2.25. The number of carbonyl (C=O) groups is 1. The van der Waals surface area contributed by atoms with Crippen LogP contribution < -0.4 is 14.5 Å². The predicted octanol–water partition coefficient (Wildman–Crippen LogP) is 3.07. The van der Waals surface area contributed by atoms with Crippen LogP contribution in [-0.2, 0) is 14.8 Å². The number of nitrogens with zero attached hydrogens (tertiary/aromatic N) is 3. The van der Waals surface area contributed by atoms with Crippen molar-refractivity contribution in [2.24, 2.45) is 5.10 Å². The fourth-order valence-corrected chi connectivity index (χ4v) is 4.23. The number of para-hydroxylation sites is 1. The van der Waals surface area contributed by atoms with E-state index in [0.717, 1.165) is 6.07 Å². The van der Waals surface area contributed by atoms with Gasteiger partial charge in [0.2, 0.25) is 0 Å². The lowest BCUT2D eigenvalue weighted by molar-refractivity contribution is -0.119. The quantitative estimate of drug-likeness (QED) is 0.385. The molecule has 33 heavy (non-hydrogen) atoms. The van der Waals surface area contributed by atoms with Crippen LogP contribution >= 0.6 is 0 Å². The van der Waals surface area contributed by atoms with E-state index in [1.54, 1.807) is 30.3 Å². The Labute approximate surface area is 190 Å². The summed E-state index contributed by atoms with van der Waals surface area (Å²) >= 11 is 0. The number of ether oxygens (including phenoxy) is 1. The van der Waals surface area contributed by atoms with Gasteiger partial charge < -0.3 is 4.74 Å². The highest BCUT2D eigenvalue weighted by Gasteiger charge is 2.28. The summed E-state index contributed by atoms with van der Waals surface area (Å²) in [6.45, 7) is -0.760. The zero-order valence-corrected chi connectivity index (χ0v) is 18.1. The maximum Gasteiger partial charge on any atom is 0.264 e. The molecule has 0 unspecified atom stereocenters. The average Bonchev–Trinajstić information content (AvgIpc) is 2.83. The van der Waals surface area contributed by atoms with Crippen molar-refractivity contribution in [2.45, 2.75) is 4.90 Å². The smallest absolute Gasteiger partial charge is 0.264 e. The van der Waals surface area contributed by atoms with Gasteiger partial charge in [-0.05, 0) is 54.1 Å². The second-order valence-electron chi connectivity index (χ2n) is 6.59. The maximum absolute atomic E-state index is 14.4. The van der Waals surface area contributed by atoms with E-state index in [2.05, 4.69) is 10.5 Å². The summed E-state index contributed by atoms with van der Waals surface area (Å²) in [7, 11) is -4.22. The van der Waals surface area contributed by atoms with Gasteiger partial charge in [0.15, 0.2) is 6.61 Å². The summed E-state index contributed by atoms with van der Waals surface area (Å²) in [6, 6.07) is 21.2. The van der Waals surface area contributed by atoms with Crippen molar-refractivity contribution in [3.8, 4) is 11.8 Å². The first kappa shape index (κ1) is 23.4. The van der Waals surface area contributed by atoms with E-state index < -0.39 is 28.3 Å². The number of rotatable bonds is 9. The molecule has 3 rings (SSSR count). The number of hydrogen-bond acceptors (Lipinski definition) is 6. The van der Waals surface area contributed by atoms with Crippen LogP contribution in [0.15, 0.2) is 88.9 Å². The first-order chi connectivity index (χ1) is 15.9. The number of hydrogen-bond donors (Lipinski definition) is 1. The third kappa shape index (κ3) is 6.15. The Bertz CT molecular complexity index is 1270. The van der Waals surface area contributed by atoms with Gasteiger partial charge in [0.05, 0.1) is 16.8 Å². The standard InChI is InChI=1S/C23H19FN4O4S/c24-21-8-4-5-9-22(21)28(33(30,31)20-6-2-1-3-7-20)17-23(29)27-26-16-18-10-12-19(13-11-18)32-15-14-25/h1-13,16H,15,17H2,(H,27,29)/b26-16+. The lowest BCUT2D eigenvalue weighted by Crippen LogP contribution is -2.40. The largest absolute Gasteiger partial charge is 0.479 e. The Kier molecular flexibility index (Phi) is 7.73. The van der Waals surface area contributed by atoms with Crippen LogP contribution in [0.25, 0.3) is 0 Å². The van der Waals surface area contributed by atoms with Crippen LogP contribution in [0.4, 0.5) is 10.1 Å². The second kappa shape index (κ2) is 10.9. The molecule has 1 amide bonds. The van der Waals surface area contributed by atoms with Crippen LogP contribution in [0, 0.1) is 17.1 Å². The molecule has 8 nitrogen and oxygen atoms in total. The van der Waals surface area contributed by atoms with Gasteiger partial charge in [-0.1, -0.05) is 30.3 Å². The SMILES string of the molecule is N#CCOc1ccc(/C=N/NC(=O)CN(c2ccccc2F)S(=O)(=O)c2ccccc2)cc1. The van der Waals surface area contributed by atoms with Crippen LogP contribution in [0.3, 0.4) is 0 Å². The molecule has 0 aliphatic rings. The summed E-state index contributed by atoms with van der Waals surface area (Å²) in [5.74, 6) is -1.04. The molecule has 0 saturated heterocycles. The molecule has 1 N–H and O–H groups in total. The molecule has 0 fully saturated rings. The van der Waals surface area contributed by atoms with Crippen LogP contribution in [-0.4, -0.2) is 33.7 Å². The number of hydrazone groups is 1. The van der Waals surface area contributed by atoms with Gasteiger partial charge in [-0.2, -0.15) is 10.4 Å². The molecular weight excluding hydrogens is 447 g/mol. The highest BCUT2D eigenvalue weighted by molar-refractivity contribution is 7.92. The third-order valence-electron chi connectivity index (χ3n) is 4.33. The third-order valence-corrected chi connectivity index (χ3v) is 6.10. The molecule has 3 aromatic rings. The van der Waals surface area contributed by atoms with Crippen molar-refractivity contribution in [2.75, 3.05) is 17.5 Å². The molecule has 0 spiro atoms. The number of anilines is 1. The first-order valence-corrected chi connectivity index (χ1v) is 11.1. The number of carbonyl (C=O) groups excluding carboxylic acids is 1. The van der Waals surface area contributed by atoms with Crippen molar-refractivity contribution in [3.05, 3.63) is 90.2 Å². The zero-order chi connectivity index (χ0) is 23.7. The molecule has 168 valence electrons. The van der Waals surface area contributed by atoms with Crippen molar-refractivity contribution in [3.63, 3.8) is 0 Å². The Morgan fingerprint density at radius 1 is 1.06 bits per heavy atom. The van der Waals surface area contributed by atoms with Gasteiger partial charge >= 0.3 is 0 Å². The molecule has 10 heteroatoms. The van der Waals surface area contributed by atoms with Crippen LogP contribution in [0.2, 0.25) is 0 Å². The van der Waals surface area contributed by atoms with Crippen LogP contribution in [0.1, 0.15) is 5.56 Å². The minimum Gasteiger partial charge on any atom is -0.479 e. The van der Waals surface area contributed by atoms with E-state index in [9.17, 15) is 17.6 Å². The number of nitrogens with one attached hydrogen (secondary N) is 1. The van der Waals surface area contributed by atoms with Gasteiger partial charge in [0.25, 0.3) is 15.9 Å². The van der Waals surface area contributed by atoms with E-state index in [1.807, 2.05) is 6.07 Å². The molecule has 3 aromatic carbocycles. The minimum atomic E-state index is -4.22. The minimum absolute atomic E-state index is 0.0755. The summed E-state index contributed by atoms with van der Waals surface area (Å²) in [5, 5.41) is 12.3. The fourth-order valence-electron chi connectivity index (χ4n) is 2.78. The molecule has 0 heterocycles. The number of amides is 1. The van der Waals surface area contributed by atoms with Crippen LogP contribution in [0.5, 0.6) is 5.75 Å². The number of sulfonamides is 1. The summed E-state index contributed by atoms with van der Waals surface area (Å²) < 4.78 is 46.5. The molecule has 0 aliphatic heterocycles. The first-order valence-electron chi connectivity index (χ1n) is 9.66. The lowest BCUT2D eigenvalue weighted by Gasteiger charge is -2.24. The summed E-state index contributed by atoms with van der Waals surface area (Å²) in [5.41, 5.74) is 2.62. The molecule has 0 aliphatic carbocycles. The fraction of sp³-hybridized carbons (Fsp3) is 0.0870. The van der Waals surface area contributed by atoms with E-state index in [0.29, 0.717) is 15.6 Å². The Balaban J connectivity index is 1.75. The van der Waals surface area contributed by atoms with Gasteiger partial charge in [0, 0.05) is 0 Å². The second-order valence-corrected chi connectivity index (χ2v) is 8.45. The molecule has 0 bridgehead atoms. The van der Waals surface area contributed by atoms with Gasteiger partial charge in [-0.3, -0.25) is 9.10 Å². The highest BCUT2D eigenvalue weighted by atomic mass is 32.2. The van der Waals surface area contributed by atoms with Gasteiger partial charge in [-0.25, -0.2) is 18.2 Å². The average molecular weight is 466 g/mol. The number of benzene rings is 3. The number of nitriles is 1. The maximum atomic E-state index is 14.4. The summed E-state index contributed by atoms with van der Waals surface area (Å²) in [4.78, 5) is 12.4. The molecular formula is C23H19FN4O4S. The van der Waals surface area contributed by atoms with Crippen molar-refractivity contribution in [1.82, 2.24) is 5.43 Å². The molecule has 0 aromatic heterocycles. The van der Waals surface area contributed by atoms with Gasteiger partial charge in [-0.15, -0.1) is 0 Å². The Morgan fingerprint density at radius 3 is 2.39 bits per heavy atom. The normalized spacial score (nSPS) is 11.0. The number of halogens is 1. The Morgan fingerprint density at radius 2 is 1.73 bits per heavy atom. The van der Waals surface area contributed by atoms with E-state index >= 15 is 0 Å². The topological polar surface area (TPSA) is 112 Å². The predicted molar refractivity (Wildman–Crippen MR) is 121 cm³/mol. The van der Waals surface area contributed by atoms with E-state index in [1.165, 1.54) is 48.7 Å². The van der Waals surface area contributed by atoms with E-state index in [-0.39, 0.29) is 17.2 Å². The zero-order valence-electron chi connectivity index (χ0n) is 17.3. The summed E-state index contributed by atoms with van der Waals surface area (Å²) in [6.07, 6.45) is 1.35. The van der Waals surface area contributed by atoms with Gasteiger partial charge in [0.1, 0.15) is 24.2 Å². The van der Waals surface area contributed by atoms with Crippen molar-refractivity contribution < 1.29 is 22.3 Å². The lowest BCUT2D eigenvalue weighted by atomic mass is 10.2. The molecule has 0 saturated carbocycles.